The second-order valence-corrected chi connectivity index (χ2v) is 6.25. The van der Waals surface area contributed by atoms with Crippen LogP contribution in [0, 0.1) is 11.7 Å². The molecule has 0 spiro atoms. The average Bonchev–Trinajstić information content (AvgIpc) is 2.37. The number of halogens is 1. The molecule has 0 aromatic heterocycles. The predicted octanol–water partition coefficient (Wildman–Crippen LogP) is 1.09. The number of hydrogen-bond donors (Lipinski definition) is 3. The van der Waals surface area contributed by atoms with Crippen molar-refractivity contribution in [2.45, 2.75) is 24.7 Å². The minimum Gasteiger partial charge on any atom is -0.399 e. The average molecular weight is 290 g/mol. The van der Waals surface area contributed by atoms with Gasteiger partial charge in [-0.1, -0.05) is 6.92 Å². The van der Waals surface area contributed by atoms with E-state index in [2.05, 4.69) is 4.72 Å². The van der Waals surface area contributed by atoms with Crippen LogP contribution >= 0.6 is 0 Å². The van der Waals surface area contributed by atoms with Gasteiger partial charge in [0.05, 0.1) is 0 Å². The fourth-order valence-electron chi connectivity index (χ4n) is 1.55. The van der Waals surface area contributed by atoms with Crippen molar-refractivity contribution in [1.82, 2.24) is 4.72 Å². The van der Waals surface area contributed by atoms with Gasteiger partial charge in [0, 0.05) is 18.8 Å². The van der Waals surface area contributed by atoms with Crippen molar-refractivity contribution in [3.8, 4) is 0 Å². The second-order valence-electron chi connectivity index (χ2n) is 4.52. The molecule has 0 radical (unpaired) electrons. The van der Waals surface area contributed by atoms with E-state index in [4.69, 9.17) is 10.8 Å². The summed E-state index contributed by atoms with van der Waals surface area (Å²) in [5.74, 6) is -0.709. The van der Waals surface area contributed by atoms with Gasteiger partial charge in [-0.3, -0.25) is 0 Å². The normalized spacial score (nSPS) is 13.4. The van der Waals surface area contributed by atoms with Gasteiger partial charge in [0.1, 0.15) is 10.7 Å². The van der Waals surface area contributed by atoms with Crippen LogP contribution in [-0.4, -0.2) is 26.7 Å². The molecule has 5 nitrogen and oxygen atoms in total. The molecule has 1 rings (SSSR count). The van der Waals surface area contributed by atoms with Crippen LogP contribution in [0.2, 0.25) is 0 Å². The third-order valence-electron chi connectivity index (χ3n) is 2.72. The smallest absolute Gasteiger partial charge is 0.243 e. The lowest BCUT2D eigenvalue weighted by atomic mass is 10.1. The molecule has 0 aliphatic heterocycles. The Morgan fingerprint density at radius 2 is 2.16 bits per heavy atom. The summed E-state index contributed by atoms with van der Waals surface area (Å²) in [6.07, 6.45) is 1.27. The van der Waals surface area contributed by atoms with Gasteiger partial charge in [0.25, 0.3) is 0 Å². The van der Waals surface area contributed by atoms with E-state index in [-0.39, 0.29) is 24.8 Å². The van der Waals surface area contributed by atoms with Crippen LogP contribution in [0.1, 0.15) is 19.8 Å². The third-order valence-corrected chi connectivity index (χ3v) is 4.20. The zero-order valence-corrected chi connectivity index (χ0v) is 11.6. The standard InChI is InChI=1S/C12H19FN2O3S/c1-9(8-16)3-2-6-15-19(17,18)12-7-10(14)4-5-11(12)13/h4-5,7,9,15-16H,2-3,6,8,14H2,1H3. The number of hydrogen-bond acceptors (Lipinski definition) is 4. The fraction of sp³-hybridized carbons (Fsp3) is 0.500. The molecule has 0 fully saturated rings. The van der Waals surface area contributed by atoms with E-state index in [0.717, 1.165) is 12.1 Å². The van der Waals surface area contributed by atoms with Crippen LogP contribution in [0.5, 0.6) is 0 Å². The molecule has 1 aromatic carbocycles. The Hall–Kier alpha value is -1.18. The maximum atomic E-state index is 13.4. The Morgan fingerprint density at radius 3 is 2.79 bits per heavy atom. The summed E-state index contributed by atoms with van der Waals surface area (Å²) < 4.78 is 39.5. The first-order valence-corrected chi connectivity index (χ1v) is 7.50. The fourth-order valence-corrected chi connectivity index (χ4v) is 2.74. The Morgan fingerprint density at radius 1 is 1.47 bits per heavy atom. The molecule has 0 bridgehead atoms. The largest absolute Gasteiger partial charge is 0.399 e. The molecule has 1 unspecified atom stereocenters. The summed E-state index contributed by atoms with van der Waals surface area (Å²) in [6, 6.07) is 3.42. The molecule has 0 saturated heterocycles. The van der Waals surface area contributed by atoms with Gasteiger partial charge in [-0.25, -0.2) is 17.5 Å². The molecule has 4 N–H and O–H groups in total. The van der Waals surface area contributed by atoms with Crippen LogP contribution in [0.15, 0.2) is 23.1 Å². The molecular weight excluding hydrogens is 271 g/mol. The monoisotopic (exact) mass is 290 g/mol. The van der Waals surface area contributed by atoms with Crippen molar-refractivity contribution in [3.05, 3.63) is 24.0 Å². The predicted molar refractivity (Wildman–Crippen MR) is 71.5 cm³/mol. The molecule has 0 aliphatic rings. The van der Waals surface area contributed by atoms with Crippen molar-refractivity contribution < 1.29 is 17.9 Å². The first-order valence-electron chi connectivity index (χ1n) is 6.02. The number of aliphatic hydroxyl groups excluding tert-OH is 1. The quantitative estimate of drug-likeness (QED) is 0.518. The molecule has 7 heteroatoms. The molecule has 0 saturated carbocycles. The van der Waals surface area contributed by atoms with Crippen LogP contribution in [0.3, 0.4) is 0 Å². The summed E-state index contributed by atoms with van der Waals surface area (Å²) in [6.45, 7) is 2.13. The molecule has 108 valence electrons. The van der Waals surface area contributed by atoms with Crippen molar-refractivity contribution in [2.24, 2.45) is 5.92 Å². The first-order chi connectivity index (χ1) is 8.86. The SMILES string of the molecule is CC(CO)CCCNS(=O)(=O)c1cc(N)ccc1F. The Balaban J connectivity index is 2.64. The van der Waals surface area contributed by atoms with Gasteiger partial charge in [-0.05, 0) is 37.0 Å². The summed E-state index contributed by atoms with van der Waals surface area (Å²) >= 11 is 0. The zero-order chi connectivity index (χ0) is 14.5. The molecule has 19 heavy (non-hydrogen) atoms. The van der Waals surface area contributed by atoms with Crippen LogP contribution in [0.25, 0.3) is 0 Å². The number of nitrogen functional groups attached to an aromatic ring is 1. The molecule has 1 atom stereocenters. The lowest BCUT2D eigenvalue weighted by molar-refractivity contribution is 0.228. The first kappa shape index (κ1) is 15.9. The number of rotatable bonds is 7. The number of aliphatic hydroxyl groups is 1. The number of nitrogens with one attached hydrogen (secondary N) is 1. The molecule has 1 aromatic rings. The van der Waals surface area contributed by atoms with Crippen LogP contribution < -0.4 is 10.5 Å². The van der Waals surface area contributed by atoms with Crippen molar-refractivity contribution >= 4 is 15.7 Å². The van der Waals surface area contributed by atoms with Gasteiger partial charge >= 0.3 is 0 Å². The topological polar surface area (TPSA) is 92.4 Å². The summed E-state index contributed by atoms with van der Waals surface area (Å²) in [5, 5.41) is 8.84. The van der Waals surface area contributed by atoms with E-state index >= 15 is 0 Å². The van der Waals surface area contributed by atoms with Crippen molar-refractivity contribution in [1.29, 1.82) is 0 Å². The van der Waals surface area contributed by atoms with Crippen molar-refractivity contribution in [3.63, 3.8) is 0 Å². The Labute approximate surface area is 112 Å². The Bertz CT molecular complexity index is 520. The van der Waals surface area contributed by atoms with Gasteiger partial charge in [0.15, 0.2) is 0 Å². The van der Waals surface area contributed by atoms with Gasteiger partial charge in [-0.2, -0.15) is 0 Å². The molecule has 0 heterocycles. The zero-order valence-electron chi connectivity index (χ0n) is 10.8. The van der Waals surface area contributed by atoms with E-state index in [1.165, 1.54) is 6.07 Å². The minimum absolute atomic E-state index is 0.0661. The van der Waals surface area contributed by atoms with E-state index in [1.54, 1.807) is 0 Å². The minimum atomic E-state index is -3.89. The third kappa shape index (κ3) is 4.77. The highest BCUT2D eigenvalue weighted by Crippen LogP contribution is 2.17. The number of anilines is 1. The van der Waals surface area contributed by atoms with E-state index in [0.29, 0.717) is 12.8 Å². The number of nitrogens with two attached hydrogens (primary N) is 1. The highest BCUT2D eigenvalue weighted by atomic mass is 32.2. The van der Waals surface area contributed by atoms with E-state index < -0.39 is 20.7 Å². The lowest BCUT2D eigenvalue weighted by Crippen LogP contribution is -2.26. The molecular formula is C12H19FN2O3S. The van der Waals surface area contributed by atoms with Crippen molar-refractivity contribution in [2.75, 3.05) is 18.9 Å². The highest BCUT2D eigenvalue weighted by molar-refractivity contribution is 7.89. The van der Waals surface area contributed by atoms with Gasteiger partial charge < -0.3 is 10.8 Å². The lowest BCUT2D eigenvalue weighted by Gasteiger charge is -2.10. The van der Waals surface area contributed by atoms with E-state index in [1.807, 2.05) is 6.92 Å². The molecule has 0 aliphatic carbocycles. The van der Waals surface area contributed by atoms with Gasteiger partial charge in [-0.15, -0.1) is 0 Å². The molecule has 0 amide bonds. The summed E-state index contributed by atoms with van der Waals surface area (Å²) in [4.78, 5) is -0.442. The number of benzene rings is 1. The summed E-state index contributed by atoms with van der Waals surface area (Å²) in [5.41, 5.74) is 5.64. The van der Waals surface area contributed by atoms with Crippen LogP contribution in [-0.2, 0) is 10.0 Å². The number of sulfonamides is 1. The Kier molecular flexibility index (Phi) is 5.71. The van der Waals surface area contributed by atoms with Crippen LogP contribution in [0.4, 0.5) is 10.1 Å². The highest BCUT2D eigenvalue weighted by Gasteiger charge is 2.18. The van der Waals surface area contributed by atoms with Gasteiger partial charge in [0.2, 0.25) is 10.0 Å². The maximum absolute atomic E-state index is 13.4. The summed E-state index contributed by atoms with van der Waals surface area (Å²) in [7, 11) is -3.89. The van der Waals surface area contributed by atoms with E-state index in [9.17, 15) is 12.8 Å². The second kappa shape index (κ2) is 6.83. The maximum Gasteiger partial charge on any atom is 0.243 e.